The van der Waals surface area contributed by atoms with E-state index < -0.39 is 10.0 Å². The Hall–Kier alpha value is -2.40. The molecule has 2 fully saturated rings. The van der Waals surface area contributed by atoms with Gasteiger partial charge in [-0.05, 0) is 48.6 Å². The number of nitrogens with one attached hydrogen (secondary N) is 1. The zero-order valence-electron chi connectivity index (χ0n) is 17.1. The number of ether oxygens (including phenoxy) is 1. The molecule has 0 bridgehead atoms. The van der Waals surface area contributed by atoms with Gasteiger partial charge in [0.2, 0.25) is 10.0 Å². The first-order chi connectivity index (χ1) is 14.9. The number of anilines is 2. The molecule has 0 aromatic heterocycles. The number of hydrogen-bond donors (Lipinski definition) is 2. The number of morpholine rings is 1. The second-order valence-corrected chi connectivity index (χ2v) is 9.76. The van der Waals surface area contributed by atoms with Gasteiger partial charge in [-0.2, -0.15) is 4.31 Å². The average Bonchev–Trinajstić information content (AvgIpc) is 2.80. The normalized spacial score (nSPS) is 18.1. The van der Waals surface area contributed by atoms with Crippen LogP contribution in [-0.2, 0) is 14.8 Å². The molecule has 2 aliphatic heterocycles. The molecule has 10 heteroatoms. The summed E-state index contributed by atoms with van der Waals surface area (Å²) in [6.45, 7) is 4.53. The van der Waals surface area contributed by atoms with Crippen molar-refractivity contribution in [1.82, 2.24) is 9.21 Å². The van der Waals surface area contributed by atoms with E-state index in [1.165, 1.54) is 4.31 Å². The summed E-state index contributed by atoms with van der Waals surface area (Å²) in [5.74, 6) is 0.281. The Kier molecular flexibility index (Phi) is 6.61. The standard InChI is InChI=1S/C21H26N4O4S2/c26-20-4-2-1-3-19(20)23-9-11-24(12-10-23)21(30)22-17-5-7-18(8-6-17)31(27,28)25-13-15-29-16-14-25/h1-8,26H,9-16H2,(H,22,30). The van der Waals surface area contributed by atoms with Crippen LogP contribution in [0.2, 0.25) is 0 Å². The number of hydrogen-bond acceptors (Lipinski definition) is 6. The highest BCUT2D eigenvalue weighted by molar-refractivity contribution is 7.89. The topological polar surface area (TPSA) is 85.4 Å². The minimum Gasteiger partial charge on any atom is -0.506 e. The summed E-state index contributed by atoms with van der Waals surface area (Å²) in [7, 11) is -3.51. The molecule has 0 amide bonds. The molecule has 2 heterocycles. The molecule has 2 aromatic carbocycles. The first-order valence-electron chi connectivity index (χ1n) is 10.2. The van der Waals surface area contributed by atoms with Crippen molar-refractivity contribution >= 4 is 38.7 Å². The highest BCUT2D eigenvalue weighted by Gasteiger charge is 2.26. The molecule has 2 saturated heterocycles. The van der Waals surface area contributed by atoms with Crippen molar-refractivity contribution in [1.29, 1.82) is 0 Å². The number of phenolic OH excluding ortho intramolecular Hbond substituents is 1. The number of thiocarbonyl (C=S) groups is 1. The average molecular weight is 463 g/mol. The number of para-hydroxylation sites is 2. The van der Waals surface area contributed by atoms with Crippen LogP contribution < -0.4 is 10.2 Å². The molecule has 166 valence electrons. The van der Waals surface area contributed by atoms with E-state index in [1.807, 2.05) is 18.2 Å². The van der Waals surface area contributed by atoms with Crippen molar-refractivity contribution in [2.45, 2.75) is 4.90 Å². The zero-order valence-corrected chi connectivity index (χ0v) is 18.7. The van der Waals surface area contributed by atoms with Crippen LogP contribution in [0.5, 0.6) is 5.75 Å². The van der Waals surface area contributed by atoms with Crippen molar-refractivity contribution in [3.63, 3.8) is 0 Å². The van der Waals surface area contributed by atoms with Crippen LogP contribution in [0.15, 0.2) is 53.4 Å². The van der Waals surface area contributed by atoms with Gasteiger partial charge in [0, 0.05) is 45.0 Å². The Morgan fingerprint density at radius 1 is 0.935 bits per heavy atom. The molecule has 0 aliphatic carbocycles. The third-order valence-corrected chi connectivity index (χ3v) is 7.78. The van der Waals surface area contributed by atoms with Gasteiger partial charge in [-0.3, -0.25) is 0 Å². The van der Waals surface area contributed by atoms with Gasteiger partial charge in [-0.25, -0.2) is 8.42 Å². The molecule has 8 nitrogen and oxygen atoms in total. The minimum atomic E-state index is -3.51. The van der Waals surface area contributed by atoms with Gasteiger partial charge in [0.1, 0.15) is 5.75 Å². The Labute approximate surface area is 188 Å². The van der Waals surface area contributed by atoms with Gasteiger partial charge in [0.15, 0.2) is 5.11 Å². The number of benzene rings is 2. The lowest BCUT2D eigenvalue weighted by Crippen LogP contribution is -2.50. The number of sulfonamides is 1. The van der Waals surface area contributed by atoms with Gasteiger partial charge in [-0.15, -0.1) is 0 Å². The SMILES string of the molecule is O=S(=O)(c1ccc(NC(=S)N2CCN(c3ccccc3O)CC2)cc1)N1CCOCC1. The predicted octanol–water partition coefficient (Wildman–Crippen LogP) is 1.93. The van der Waals surface area contributed by atoms with Crippen molar-refractivity contribution in [2.75, 3.05) is 62.7 Å². The van der Waals surface area contributed by atoms with E-state index in [1.54, 1.807) is 30.3 Å². The van der Waals surface area contributed by atoms with Crippen LogP contribution >= 0.6 is 12.2 Å². The van der Waals surface area contributed by atoms with E-state index in [0.717, 1.165) is 37.6 Å². The van der Waals surface area contributed by atoms with Gasteiger partial charge in [0.05, 0.1) is 23.8 Å². The fourth-order valence-corrected chi connectivity index (χ4v) is 5.44. The molecular weight excluding hydrogens is 436 g/mol. The summed E-state index contributed by atoms with van der Waals surface area (Å²) in [4.78, 5) is 4.48. The van der Waals surface area contributed by atoms with E-state index in [0.29, 0.717) is 31.4 Å². The summed E-state index contributed by atoms with van der Waals surface area (Å²) < 4.78 is 32.2. The van der Waals surface area contributed by atoms with E-state index in [2.05, 4.69) is 15.1 Å². The van der Waals surface area contributed by atoms with E-state index >= 15 is 0 Å². The molecule has 0 radical (unpaired) electrons. The molecule has 0 atom stereocenters. The maximum Gasteiger partial charge on any atom is 0.243 e. The number of nitrogens with zero attached hydrogens (tertiary/aromatic N) is 3. The molecule has 4 rings (SSSR count). The zero-order chi connectivity index (χ0) is 21.8. The van der Waals surface area contributed by atoms with Gasteiger partial charge >= 0.3 is 0 Å². The van der Waals surface area contributed by atoms with E-state index in [4.69, 9.17) is 17.0 Å². The predicted molar refractivity (Wildman–Crippen MR) is 124 cm³/mol. The number of phenols is 1. The summed E-state index contributed by atoms with van der Waals surface area (Å²) in [5.41, 5.74) is 1.58. The molecule has 2 aliphatic rings. The lowest BCUT2D eigenvalue weighted by atomic mass is 10.2. The Balaban J connectivity index is 1.33. The monoisotopic (exact) mass is 462 g/mol. The van der Waals surface area contributed by atoms with E-state index in [-0.39, 0.29) is 10.6 Å². The number of rotatable bonds is 4. The highest BCUT2D eigenvalue weighted by Crippen LogP contribution is 2.27. The van der Waals surface area contributed by atoms with Crippen molar-refractivity contribution in [2.24, 2.45) is 0 Å². The maximum absolute atomic E-state index is 12.7. The fraction of sp³-hybridized carbons (Fsp3) is 0.381. The van der Waals surface area contributed by atoms with Crippen LogP contribution in [-0.4, -0.2) is 80.3 Å². The Morgan fingerprint density at radius 3 is 2.23 bits per heavy atom. The summed E-state index contributed by atoms with van der Waals surface area (Å²) >= 11 is 5.55. The highest BCUT2D eigenvalue weighted by atomic mass is 32.2. The molecule has 0 unspecified atom stereocenters. The largest absolute Gasteiger partial charge is 0.506 e. The lowest BCUT2D eigenvalue weighted by molar-refractivity contribution is 0.0730. The molecule has 2 N–H and O–H groups in total. The minimum absolute atomic E-state index is 0.266. The Bertz CT molecular complexity index is 1020. The third kappa shape index (κ3) is 4.93. The molecule has 0 spiro atoms. The van der Waals surface area contributed by atoms with Gasteiger partial charge < -0.3 is 25.0 Å². The fourth-order valence-electron chi connectivity index (χ4n) is 3.73. The van der Waals surface area contributed by atoms with Crippen LogP contribution in [0.1, 0.15) is 0 Å². The smallest absolute Gasteiger partial charge is 0.243 e. The van der Waals surface area contributed by atoms with Gasteiger partial charge in [-0.1, -0.05) is 12.1 Å². The van der Waals surface area contributed by atoms with Crippen molar-refractivity contribution in [3.8, 4) is 5.75 Å². The number of aromatic hydroxyl groups is 1. The first kappa shape index (κ1) is 21.8. The number of piperazine rings is 1. The summed E-state index contributed by atoms with van der Waals surface area (Å²) in [5, 5.41) is 13.8. The molecule has 2 aromatic rings. The van der Waals surface area contributed by atoms with Crippen molar-refractivity contribution in [3.05, 3.63) is 48.5 Å². The first-order valence-corrected chi connectivity index (χ1v) is 12.1. The van der Waals surface area contributed by atoms with Crippen LogP contribution in [0.4, 0.5) is 11.4 Å². The molecule has 31 heavy (non-hydrogen) atoms. The second kappa shape index (κ2) is 9.39. The quantitative estimate of drug-likeness (QED) is 0.667. The van der Waals surface area contributed by atoms with Gasteiger partial charge in [0.25, 0.3) is 0 Å². The summed E-state index contributed by atoms with van der Waals surface area (Å²) in [6, 6.07) is 14.0. The van der Waals surface area contributed by atoms with Crippen LogP contribution in [0.3, 0.4) is 0 Å². The summed E-state index contributed by atoms with van der Waals surface area (Å²) in [6.07, 6.45) is 0. The lowest BCUT2D eigenvalue weighted by Gasteiger charge is -2.37. The van der Waals surface area contributed by atoms with Crippen LogP contribution in [0.25, 0.3) is 0 Å². The third-order valence-electron chi connectivity index (χ3n) is 5.50. The van der Waals surface area contributed by atoms with Crippen LogP contribution in [0, 0.1) is 0 Å². The second-order valence-electron chi connectivity index (χ2n) is 7.43. The van der Waals surface area contributed by atoms with E-state index in [9.17, 15) is 13.5 Å². The van der Waals surface area contributed by atoms with Crippen molar-refractivity contribution < 1.29 is 18.3 Å². The molecule has 0 saturated carbocycles. The molecular formula is C21H26N4O4S2. The Morgan fingerprint density at radius 2 is 1.58 bits per heavy atom. The maximum atomic E-state index is 12.7.